The highest BCUT2D eigenvalue weighted by molar-refractivity contribution is 7.09. The number of carbonyl (C=O) groups excluding carboxylic acids is 1. The molecule has 1 aliphatic rings. The first-order chi connectivity index (χ1) is 14.0. The number of nitrogens with two attached hydrogens (primary N) is 1. The van der Waals surface area contributed by atoms with E-state index < -0.39 is 0 Å². The van der Waals surface area contributed by atoms with Gasteiger partial charge in [-0.05, 0) is 49.2 Å². The van der Waals surface area contributed by atoms with Crippen molar-refractivity contribution in [3.8, 4) is 5.75 Å². The maximum atomic E-state index is 13.0. The van der Waals surface area contributed by atoms with Crippen LogP contribution in [0.1, 0.15) is 35.5 Å². The smallest absolute Gasteiger partial charge is 0.225 e. The molecule has 1 aromatic heterocycles. The van der Waals surface area contributed by atoms with Crippen LogP contribution in [-0.4, -0.2) is 16.9 Å². The molecule has 1 aliphatic heterocycles. The minimum absolute atomic E-state index is 0.169. The van der Waals surface area contributed by atoms with Crippen LogP contribution in [-0.2, 0) is 17.9 Å². The van der Waals surface area contributed by atoms with E-state index in [9.17, 15) is 9.18 Å². The predicted octanol–water partition coefficient (Wildman–Crippen LogP) is 4.23. The van der Waals surface area contributed by atoms with Gasteiger partial charge in [0.2, 0.25) is 5.91 Å². The zero-order chi connectivity index (χ0) is 20.4. The number of halogens is 1. The first-order valence-corrected chi connectivity index (χ1v) is 10.4. The number of thiazole rings is 1. The highest BCUT2D eigenvalue weighted by atomic mass is 32.1. The highest BCUT2D eigenvalue weighted by Crippen LogP contribution is 2.39. The van der Waals surface area contributed by atoms with E-state index in [0.717, 1.165) is 22.0 Å². The molecular weight excluding hydrogens is 389 g/mol. The average Bonchev–Trinajstić information content (AvgIpc) is 3.17. The molecule has 7 heteroatoms. The lowest BCUT2D eigenvalue weighted by molar-refractivity contribution is -0.119. The van der Waals surface area contributed by atoms with Gasteiger partial charge in [0.1, 0.15) is 23.2 Å². The van der Waals surface area contributed by atoms with Crippen LogP contribution < -0.4 is 15.4 Å². The number of hydrogen-bond donors (Lipinski definition) is 1. The Labute approximate surface area is 172 Å². The summed E-state index contributed by atoms with van der Waals surface area (Å²) in [5.74, 6) is -0.215. The third-order valence-corrected chi connectivity index (χ3v) is 6.05. The average molecular weight is 412 g/mol. The van der Waals surface area contributed by atoms with Crippen molar-refractivity contribution in [3.63, 3.8) is 0 Å². The second kappa shape index (κ2) is 8.21. The zero-order valence-corrected chi connectivity index (χ0v) is 16.9. The van der Waals surface area contributed by atoms with Crippen LogP contribution in [0.25, 0.3) is 0 Å². The predicted molar refractivity (Wildman–Crippen MR) is 111 cm³/mol. The fourth-order valence-corrected chi connectivity index (χ4v) is 4.42. The Morgan fingerprint density at radius 3 is 2.79 bits per heavy atom. The summed E-state index contributed by atoms with van der Waals surface area (Å²) < 4.78 is 18.7. The van der Waals surface area contributed by atoms with Crippen LogP contribution in [0.4, 0.5) is 10.1 Å². The number of para-hydroxylation sites is 1. The molecule has 3 aromatic rings. The van der Waals surface area contributed by atoms with Crippen molar-refractivity contribution in [3.05, 3.63) is 76.0 Å². The second-order valence-electron chi connectivity index (χ2n) is 7.20. The van der Waals surface area contributed by atoms with E-state index in [2.05, 4.69) is 16.8 Å². The Kier molecular flexibility index (Phi) is 5.49. The Balaban J connectivity index is 1.47. The van der Waals surface area contributed by atoms with Gasteiger partial charge in [0.25, 0.3) is 0 Å². The molecule has 2 aromatic carbocycles. The summed E-state index contributed by atoms with van der Waals surface area (Å²) in [6.45, 7) is 3.10. The highest BCUT2D eigenvalue weighted by Gasteiger charge is 2.33. The molecule has 2 atom stereocenters. The summed E-state index contributed by atoms with van der Waals surface area (Å²) >= 11 is 1.54. The summed E-state index contributed by atoms with van der Waals surface area (Å²) in [6, 6.07) is 14.0. The van der Waals surface area contributed by atoms with Crippen LogP contribution in [0.5, 0.6) is 5.75 Å². The van der Waals surface area contributed by atoms with E-state index in [1.54, 1.807) is 12.1 Å². The number of nitrogens with zero attached hydrogens (tertiary/aromatic N) is 2. The molecule has 4 rings (SSSR count). The van der Waals surface area contributed by atoms with Gasteiger partial charge in [0, 0.05) is 17.1 Å². The fourth-order valence-electron chi connectivity index (χ4n) is 3.73. The molecular formula is C22H22FN3O2S. The first kappa shape index (κ1) is 19.4. The SMILES string of the molecule is C[C@@H]1C[C@@H](C(N)=O)c2ccccc2N1Cc1csc(COc2ccc(F)cc2)n1. The number of fused-ring (bicyclic) bond motifs is 1. The number of benzene rings is 2. The topological polar surface area (TPSA) is 68.5 Å². The Morgan fingerprint density at radius 2 is 2.03 bits per heavy atom. The molecule has 0 saturated carbocycles. The molecule has 2 heterocycles. The van der Waals surface area contributed by atoms with E-state index in [-0.39, 0.29) is 23.7 Å². The lowest BCUT2D eigenvalue weighted by Gasteiger charge is -2.39. The number of hydrogen-bond acceptors (Lipinski definition) is 5. The van der Waals surface area contributed by atoms with E-state index in [1.165, 1.54) is 23.5 Å². The van der Waals surface area contributed by atoms with Gasteiger partial charge in [0.05, 0.1) is 18.2 Å². The van der Waals surface area contributed by atoms with Gasteiger partial charge in [-0.25, -0.2) is 9.37 Å². The van der Waals surface area contributed by atoms with Crippen molar-refractivity contribution in [1.29, 1.82) is 0 Å². The molecule has 1 amide bonds. The summed E-state index contributed by atoms with van der Waals surface area (Å²) in [5.41, 5.74) is 8.60. The van der Waals surface area contributed by atoms with Gasteiger partial charge in [-0.3, -0.25) is 4.79 Å². The third kappa shape index (κ3) is 4.24. The Morgan fingerprint density at radius 1 is 1.28 bits per heavy atom. The summed E-state index contributed by atoms with van der Waals surface area (Å²) in [6.07, 6.45) is 0.691. The first-order valence-electron chi connectivity index (χ1n) is 9.48. The molecule has 0 fully saturated rings. The maximum absolute atomic E-state index is 13.0. The van der Waals surface area contributed by atoms with Crippen LogP contribution in [0.3, 0.4) is 0 Å². The zero-order valence-electron chi connectivity index (χ0n) is 16.0. The largest absolute Gasteiger partial charge is 0.486 e. The molecule has 0 aliphatic carbocycles. The lowest BCUT2D eigenvalue weighted by atomic mass is 9.85. The molecule has 0 spiro atoms. The molecule has 0 unspecified atom stereocenters. The second-order valence-corrected chi connectivity index (χ2v) is 8.14. The summed E-state index contributed by atoms with van der Waals surface area (Å²) in [7, 11) is 0. The molecule has 150 valence electrons. The number of carbonyl (C=O) groups is 1. The quantitative estimate of drug-likeness (QED) is 0.659. The monoisotopic (exact) mass is 411 g/mol. The summed E-state index contributed by atoms with van der Waals surface area (Å²) in [4.78, 5) is 18.9. The number of anilines is 1. The van der Waals surface area contributed by atoms with Crippen molar-refractivity contribution in [2.24, 2.45) is 5.73 Å². The van der Waals surface area contributed by atoms with E-state index >= 15 is 0 Å². The van der Waals surface area contributed by atoms with Gasteiger partial charge in [-0.2, -0.15) is 0 Å². The number of rotatable bonds is 6. The molecule has 29 heavy (non-hydrogen) atoms. The Bertz CT molecular complexity index is 1010. The van der Waals surface area contributed by atoms with E-state index in [1.807, 2.05) is 29.6 Å². The molecule has 5 nitrogen and oxygen atoms in total. The number of aromatic nitrogens is 1. The minimum atomic E-state index is -0.289. The van der Waals surface area contributed by atoms with Crippen molar-refractivity contribution < 1.29 is 13.9 Å². The number of ether oxygens (including phenoxy) is 1. The standard InChI is InChI=1S/C22H22FN3O2S/c1-14-10-19(22(24)27)18-4-2-3-5-20(18)26(14)11-16-13-29-21(25-16)12-28-17-8-6-15(23)7-9-17/h2-9,13-14,19H,10-12H2,1H3,(H2,24,27)/t14-,19-/m1/s1. The van der Waals surface area contributed by atoms with Crippen LogP contribution in [0, 0.1) is 5.82 Å². The van der Waals surface area contributed by atoms with Crippen molar-refractivity contribution in [2.75, 3.05) is 4.90 Å². The van der Waals surface area contributed by atoms with Crippen LogP contribution >= 0.6 is 11.3 Å². The lowest BCUT2D eigenvalue weighted by Crippen LogP contribution is -2.41. The van der Waals surface area contributed by atoms with Crippen molar-refractivity contribution in [2.45, 2.75) is 38.5 Å². The van der Waals surface area contributed by atoms with Gasteiger partial charge < -0.3 is 15.4 Å². The molecule has 0 radical (unpaired) electrons. The van der Waals surface area contributed by atoms with Gasteiger partial charge >= 0.3 is 0 Å². The van der Waals surface area contributed by atoms with Crippen LogP contribution in [0.2, 0.25) is 0 Å². The molecule has 0 bridgehead atoms. The summed E-state index contributed by atoms with van der Waals surface area (Å²) in [5, 5.41) is 2.89. The van der Waals surface area contributed by atoms with E-state index in [4.69, 9.17) is 10.5 Å². The van der Waals surface area contributed by atoms with Crippen LogP contribution in [0.15, 0.2) is 53.9 Å². The molecule has 2 N–H and O–H groups in total. The van der Waals surface area contributed by atoms with Gasteiger partial charge in [0.15, 0.2) is 0 Å². The third-order valence-electron chi connectivity index (χ3n) is 5.18. The van der Waals surface area contributed by atoms with Crippen molar-refractivity contribution in [1.82, 2.24) is 4.98 Å². The fraction of sp³-hybridized carbons (Fsp3) is 0.273. The normalized spacial score (nSPS) is 18.3. The van der Waals surface area contributed by atoms with E-state index in [0.29, 0.717) is 25.3 Å². The number of amides is 1. The maximum Gasteiger partial charge on any atom is 0.225 e. The molecule has 0 saturated heterocycles. The number of primary amides is 1. The van der Waals surface area contributed by atoms with Gasteiger partial charge in [-0.1, -0.05) is 18.2 Å². The van der Waals surface area contributed by atoms with Crippen molar-refractivity contribution >= 4 is 22.9 Å². The minimum Gasteiger partial charge on any atom is -0.486 e. The van der Waals surface area contributed by atoms with Gasteiger partial charge in [-0.15, -0.1) is 11.3 Å². The Hall–Kier alpha value is -2.93.